The predicted octanol–water partition coefficient (Wildman–Crippen LogP) is 4.25. The molecule has 7 nitrogen and oxygen atoms in total. The third-order valence-corrected chi connectivity index (χ3v) is 5.03. The number of carbonyl (C=O) groups excluding carboxylic acids is 1. The molecule has 8 heteroatoms. The van der Waals surface area contributed by atoms with E-state index < -0.39 is 5.97 Å². The van der Waals surface area contributed by atoms with Crippen LogP contribution in [0.25, 0.3) is 27.9 Å². The van der Waals surface area contributed by atoms with Crippen molar-refractivity contribution in [2.75, 3.05) is 0 Å². The fraction of sp³-hybridized carbons (Fsp3) is 0.0833. The number of hydrogen-bond acceptors (Lipinski definition) is 5. The highest BCUT2D eigenvalue weighted by atomic mass is 19.1. The minimum Gasteiger partial charge on any atom is -0.456 e. The van der Waals surface area contributed by atoms with Crippen LogP contribution in [0.2, 0.25) is 0 Å². The van der Waals surface area contributed by atoms with Crippen molar-refractivity contribution in [3.8, 4) is 0 Å². The first-order valence-electron chi connectivity index (χ1n) is 9.99. The number of ether oxygens (including phenoxy) is 1. The van der Waals surface area contributed by atoms with Crippen molar-refractivity contribution < 1.29 is 13.9 Å². The van der Waals surface area contributed by atoms with Crippen LogP contribution in [0.5, 0.6) is 0 Å². The number of benzene rings is 2. The minimum atomic E-state index is -0.548. The SMILES string of the molecule is O=C(/C=C/c1cccc(F)c1)OCc1cn(Cc2nccc3c2[nH]c2ccccc23)nn1. The normalized spacial score (nSPS) is 11.5. The standard InChI is InChI=1S/C24H18FN5O2/c25-17-5-3-4-16(12-17)8-9-23(31)32-15-18-13-30(29-28-18)14-22-24-20(10-11-26-22)19-6-1-2-7-21(19)27-24/h1-13,27H,14-15H2/b9-8+. The van der Waals surface area contributed by atoms with E-state index >= 15 is 0 Å². The monoisotopic (exact) mass is 427 g/mol. The number of aromatic amines is 1. The van der Waals surface area contributed by atoms with Gasteiger partial charge in [0.05, 0.1) is 24.0 Å². The molecule has 0 aliphatic heterocycles. The van der Waals surface area contributed by atoms with E-state index in [1.807, 2.05) is 24.3 Å². The highest BCUT2D eigenvalue weighted by Crippen LogP contribution is 2.26. The molecule has 5 aromatic rings. The number of carbonyl (C=O) groups is 1. The van der Waals surface area contributed by atoms with Crippen LogP contribution in [-0.2, 0) is 22.7 Å². The molecular formula is C24H18FN5O2. The summed E-state index contributed by atoms with van der Waals surface area (Å²) in [5.41, 5.74) is 3.94. The maximum Gasteiger partial charge on any atom is 0.331 e. The van der Waals surface area contributed by atoms with Crippen LogP contribution >= 0.6 is 0 Å². The zero-order valence-electron chi connectivity index (χ0n) is 16.9. The first-order chi connectivity index (χ1) is 15.7. The summed E-state index contributed by atoms with van der Waals surface area (Å²) >= 11 is 0. The van der Waals surface area contributed by atoms with Gasteiger partial charge in [0, 0.05) is 28.6 Å². The van der Waals surface area contributed by atoms with E-state index in [9.17, 15) is 9.18 Å². The van der Waals surface area contributed by atoms with Crippen LogP contribution < -0.4 is 0 Å². The van der Waals surface area contributed by atoms with E-state index in [-0.39, 0.29) is 12.4 Å². The third-order valence-electron chi connectivity index (χ3n) is 5.03. The second kappa shape index (κ2) is 8.43. The molecular weight excluding hydrogens is 409 g/mol. The smallest absolute Gasteiger partial charge is 0.331 e. The van der Waals surface area contributed by atoms with Gasteiger partial charge in [-0.2, -0.15) is 0 Å². The summed E-state index contributed by atoms with van der Waals surface area (Å²) in [7, 11) is 0. The van der Waals surface area contributed by atoms with Gasteiger partial charge in [0.15, 0.2) is 0 Å². The van der Waals surface area contributed by atoms with Crippen LogP contribution in [0.3, 0.4) is 0 Å². The second-order valence-corrected chi connectivity index (χ2v) is 7.25. The number of nitrogens with zero attached hydrogens (tertiary/aromatic N) is 4. The Kier molecular flexibility index (Phi) is 5.17. The number of pyridine rings is 1. The summed E-state index contributed by atoms with van der Waals surface area (Å²) in [6, 6.07) is 16.0. The average Bonchev–Trinajstić information content (AvgIpc) is 3.41. The number of fused-ring (bicyclic) bond motifs is 3. The number of esters is 1. The van der Waals surface area contributed by atoms with Crippen molar-refractivity contribution in [3.05, 3.63) is 95.8 Å². The summed E-state index contributed by atoms with van der Waals surface area (Å²) in [5, 5.41) is 10.4. The zero-order chi connectivity index (χ0) is 21.9. The lowest BCUT2D eigenvalue weighted by molar-refractivity contribution is -0.139. The van der Waals surface area contributed by atoms with E-state index in [0.717, 1.165) is 27.5 Å². The van der Waals surface area contributed by atoms with Gasteiger partial charge in [0.1, 0.15) is 18.1 Å². The number of hydrogen-bond donors (Lipinski definition) is 1. The molecule has 32 heavy (non-hydrogen) atoms. The van der Waals surface area contributed by atoms with Gasteiger partial charge >= 0.3 is 5.97 Å². The van der Waals surface area contributed by atoms with Crippen LogP contribution in [-0.4, -0.2) is 30.9 Å². The molecule has 2 aromatic carbocycles. The molecule has 0 aliphatic rings. The molecule has 0 spiro atoms. The molecule has 3 heterocycles. The number of aromatic nitrogens is 5. The number of H-pyrrole nitrogens is 1. The van der Waals surface area contributed by atoms with Crippen molar-refractivity contribution in [1.29, 1.82) is 0 Å². The van der Waals surface area contributed by atoms with Crippen molar-refractivity contribution >= 4 is 33.9 Å². The Balaban J connectivity index is 1.25. The van der Waals surface area contributed by atoms with Crippen LogP contribution in [0.4, 0.5) is 4.39 Å². The number of para-hydroxylation sites is 1. The maximum atomic E-state index is 13.2. The molecule has 5 rings (SSSR count). The molecule has 0 bridgehead atoms. The van der Waals surface area contributed by atoms with Crippen molar-refractivity contribution in [3.63, 3.8) is 0 Å². The highest BCUT2D eigenvalue weighted by Gasteiger charge is 2.11. The van der Waals surface area contributed by atoms with Crippen molar-refractivity contribution in [2.24, 2.45) is 0 Å². The van der Waals surface area contributed by atoms with Gasteiger partial charge < -0.3 is 9.72 Å². The van der Waals surface area contributed by atoms with E-state index in [4.69, 9.17) is 4.74 Å². The fourth-order valence-electron chi connectivity index (χ4n) is 3.55. The number of rotatable bonds is 6. The molecule has 0 fully saturated rings. The summed E-state index contributed by atoms with van der Waals surface area (Å²) in [6.45, 7) is 0.404. The molecule has 0 saturated heterocycles. The van der Waals surface area contributed by atoms with Gasteiger partial charge in [-0.05, 0) is 35.9 Å². The van der Waals surface area contributed by atoms with Gasteiger partial charge in [-0.25, -0.2) is 13.9 Å². The quantitative estimate of drug-likeness (QED) is 0.323. The summed E-state index contributed by atoms with van der Waals surface area (Å²) in [4.78, 5) is 19.9. The molecule has 0 radical (unpaired) electrons. The van der Waals surface area contributed by atoms with Gasteiger partial charge in [0.2, 0.25) is 0 Å². The summed E-state index contributed by atoms with van der Waals surface area (Å²) < 4.78 is 20.0. The van der Waals surface area contributed by atoms with Gasteiger partial charge in [-0.1, -0.05) is 35.5 Å². The predicted molar refractivity (Wildman–Crippen MR) is 118 cm³/mol. The van der Waals surface area contributed by atoms with Crippen molar-refractivity contribution in [2.45, 2.75) is 13.2 Å². The summed E-state index contributed by atoms with van der Waals surface area (Å²) in [5.74, 6) is -0.914. The van der Waals surface area contributed by atoms with Gasteiger partial charge in [-0.3, -0.25) is 4.98 Å². The van der Waals surface area contributed by atoms with Crippen molar-refractivity contribution in [1.82, 2.24) is 25.0 Å². The second-order valence-electron chi connectivity index (χ2n) is 7.25. The Labute approximate surface area is 182 Å². The fourth-order valence-corrected chi connectivity index (χ4v) is 3.55. The minimum absolute atomic E-state index is 0.0175. The molecule has 0 unspecified atom stereocenters. The maximum absolute atomic E-state index is 13.2. The first kappa shape index (κ1) is 19.6. The topological polar surface area (TPSA) is 85.7 Å². The molecule has 3 aromatic heterocycles. The van der Waals surface area contributed by atoms with Crippen LogP contribution in [0.1, 0.15) is 17.0 Å². The van der Waals surface area contributed by atoms with E-state index in [1.165, 1.54) is 24.3 Å². The van der Waals surface area contributed by atoms with Crippen LogP contribution in [0.15, 0.2) is 73.1 Å². The molecule has 158 valence electrons. The Hall–Kier alpha value is -4.33. The molecule has 1 N–H and O–H groups in total. The largest absolute Gasteiger partial charge is 0.456 e. The van der Waals surface area contributed by atoms with E-state index in [2.05, 4.69) is 26.3 Å². The zero-order valence-corrected chi connectivity index (χ0v) is 16.9. The average molecular weight is 427 g/mol. The Morgan fingerprint density at radius 3 is 2.94 bits per heavy atom. The summed E-state index contributed by atoms with van der Waals surface area (Å²) in [6.07, 6.45) is 6.24. The van der Waals surface area contributed by atoms with Gasteiger partial charge in [-0.15, -0.1) is 5.10 Å². The molecule has 0 aliphatic carbocycles. The lowest BCUT2D eigenvalue weighted by Gasteiger charge is -2.02. The first-order valence-corrected chi connectivity index (χ1v) is 9.99. The van der Waals surface area contributed by atoms with E-state index in [1.54, 1.807) is 29.2 Å². The molecule has 0 atom stereocenters. The lowest BCUT2D eigenvalue weighted by atomic mass is 10.1. The number of nitrogens with one attached hydrogen (secondary N) is 1. The van der Waals surface area contributed by atoms with Crippen LogP contribution in [0, 0.1) is 5.82 Å². The Bertz CT molecular complexity index is 1450. The van der Waals surface area contributed by atoms with E-state index in [0.29, 0.717) is 17.8 Å². The lowest BCUT2D eigenvalue weighted by Crippen LogP contribution is -2.03. The highest BCUT2D eigenvalue weighted by molar-refractivity contribution is 6.07. The third kappa shape index (κ3) is 4.11. The Morgan fingerprint density at radius 1 is 1.12 bits per heavy atom. The molecule has 0 saturated carbocycles. The number of halogens is 1. The Morgan fingerprint density at radius 2 is 2.03 bits per heavy atom. The molecule has 0 amide bonds. The van der Waals surface area contributed by atoms with Gasteiger partial charge in [0.25, 0.3) is 0 Å².